The number of nitrogens with one attached hydrogen (secondary N) is 2. The van der Waals surface area contributed by atoms with E-state index in [1.165, 1.54) is 0 Å². The first-order valence-corrected chi connectivity index (χ1v) is 10.1. The molecule has 1 heterocycles. The van der Waals surface area contributed by atoms with Crippen LogP contribution < -0.4 is 20.3 Å². The van der Waals surface area contributed by atoms with Crippen LogP contribution in [0.2, 0.25) is 0 Å². The molecule has 3 aromatic rings. The number of benzene rings is 2. The highest BCUT2D eigenvalue weighted by atomic mass is 16.5. The third-order valence-electron chi connectivity index (χ3n) is 4.66. The van der Waals surface area contributed by atoms with Gasteiger partial charge >= 0.3 is 6.09 Å². The molecule has 0 atom stereocenters. The fourth-order valence-corrected chi connectivity index (χ4v) is 3.11. The summed E-state index contributed by atoms with van der Waals surface area (Å²) in [5, 5.41) is 13.9. The van der Waals surface area contributed by atoms with E-state index in [-0.39, 0.29) is 11.7 Å². The van der Waals surface area contributed by atoms with E-state index in [1.54, 1.807) is 36.4 Å². The second kappa shape index (κ2) is 10.3. The van der Waals surface area contributed by atoms with Crippen LogP contribution in [0, 0.1) is 6.92 Å². The minimum atomic E-state index is -1.15. The molecule has 8 heteroatoms. The van der Waals surface area contributed by atoms with Crippen molar-refractivity contribution in [1.29, 1.82) is 0 Å². The van der Waals surface area contributed by atoms with Gasteiger partial charge in [-0.1, -0.05) is 12.1 Å². The van der Waals surface area contributed by atoms with Crippen LogP contribution in [-0.2, 0) is 6.42 Å². The number of anilines is 3. The third-order valence-corrected chi connectivity index (χ3v) is 4.66. The van der Waals surface area contributed by atoms with Crippen LogP contribution in [0.15, 0.2) is 60.7 Å². The SMILES string of the molecule is Cc1ccc(C(=O)Nc2ccc(OCCc3cccc(NC(=O)O)n3)cc2)c(N(C)C)c1. The molecule has 0 radical (unpaired) electrons. The molecule has 0 spiro atoms. The maximum absolute atomic E-state index is 12.7. The molecule has 0 saturated carbocycles. The van der Waals surface area contributed by atoms with Crippen molar-refractivity contribution in [2.75, 3.05) is 36.2 Å². The van der Waals surface area contributed by atoms with Crippen molar-refractivity contribution in [3.05, 3.63) is 77.5 Å². The Morgan fingerprint density at radius 1 is 1.03 bits per heavy atom. The van der Waals surface area contributed by atoms with Crippen LogP contribution in [0.3, 0.4) is 0 Å². The summed E-state index contributed by atoms with van der Waals surface area (Å²) in [6.07, 6.45) is -0.632. The molecular weight excluding hydrogens is 408 g/mol. The molecule has 3 rings (SSSR count). The molecule has 3 N–H and O–H groups in total. The van der Waals surface area contributed by atoms with Gasteiger partial charge in [-0.3, -0.25) is 10.1 Å². The fraction of sp³-hybridized carbons (Fsp3) is 0.208. The lowest BCUT2D eigenvalue weighted by molar-refractivity contribution is 0.102. The van der Waals surface area contributed by atoms with Crippen LogP contribution in [0.5, 0.6) is 5.75 Å². The number of aromatic nitrogens is 1. The highest BCUT2D eigenvalue weighted by Crippen LogP contribution is 2.23. The minimum Gasteiger partial charge on any atom is -0.493 e. The van der Waals surface area contributed by atoms with Gasteiger partial charge in [-0.25, -0.2) is 9.78 Å². The minimum absolute atomic E-state index is 0.178. The second-order valence-corrected chi connectivity index (χ2v) is 7.44. The summed E-state index contributed by atoms with van der Waals surface area (Å²) in [7, 11) is 3.82. The maximum Gasteiger partial charge on any atom is 0.410 e. The number of aryl methyl sites for hydroxylation is 1. The topological polar surface area (TPSA) is 104 Å². The highest BCUT2D eigenvalue weighted by molar-refractivity contribution is 6.08. The van der Waals surface area contributed by atoms with E-state index in [0.717, 1.165) is 16.9 Å². The Labute approximate surface area is 186 Å². The number of hydrogen-bond donors (Lipinski definition) is 3. The summed E-state index contributed by atoms with van der Waals surface area (Å²) in [6.45, 7) is 2.37. The van der Waals surface area contributed by atoms with Gasteiger partial charge < -0.3 is 20.1 Å². The average Bonchev–Trinajstić information content (AvgIpc) is 2.74. The third kappa shape index (κ3) is 6.21. The summed E-state index contributed by atoms with van der Waals surface area (Å²) in [5.74, 6) is 0.761. The molecule has 2 amide bonds. The lowest BCUT2D eigenvalue weighted by Crippen LogP contribution is -2.18. The van der Waals surface area contributed by atoms with E-state index in [2.05, 4.69) is 15.6 Å². The quantitative estimate of drug-likeness (QED) is 0.485. The molecule has 8 nitrogen and oxygen atoms in total. The van der Waals surface area contributed by atoms with Gasteiger partial charge in [0.15, 0.2) is 0 Å². The Balaban J connectivity index is 1.56. The molecule has 0 aliphatic rings. The molecule has 0 aliphatic heterocycles. The molecule has 0 fully saturated rings. The van der Waals surface area contributed by atoms with Crippen molar-refractivity contribution in [3.8, 4) is 5.75 Å². The van der Waals surface area contributed by atoms with Crippen molar-refractivity contribution < 1.29 is 19.4 Å². The molecule has 0 aliphatic carbocycles. The number of rotatable bonds is 8. The number of nitrogens with zero attached hydrogens (tertiary/aromatic N) is 2. The van der Waals surface area contributed by atoms with E-state index in [0.29, 0.717) is 30.0 Å². The van der Waals surface area contributed by atoms with Crippen molar-refractivity contribution >= 4 is 29.2 Å². The first-order chi connectivity index (χ1) is 15.3. The molecule has 32 heavy (non-hydrogen) atoms. The van der Waals surface area contributed by atoms with Gasteiger partial charge in [0, 0.05) is 37.6 Å². The second-order valence-electron chi connectivity index (χ2n) is 7.44. The highest BCUT2D eigenvalue weighted by Gasteiger charge is 2.13. The Morgan fingerprint density at radius 2 is 1.78 bits per heavy atom. The standard InChI is InChI=1S/C24H26N4O4/c1-16-7-12-20(21(15-16)28(2)3)23(29)26-18-8-10-19(11-9-18)32-14-13-17-5-4-6-22(25-17)27-24(30)31/h4-12,15H,13-14H2,1-3H3,(H,25,27)(H,26,29)(H,30,31). The van der Waals surface area contributed by atoms with Crippen molar-refractivity contribution in [1.82, 2.24) is 4.98 Å². The predicted molar refractivity (Wildman–Crippen MR) is 125 cm³/mol. The number of amides is 2. The Bertz CT molecular complexity index is 1100. The van der Waals surface area contributed by atoms with Crippen LogP contribution >= 0.6 is 0 Å². The van der Waals surface area contributed by atoms with Gasteiger partial charge in [0.2, 0.25) is 0 Å². The molecule has 2 aromatic carbocycles. The van der Waals surface area contributed by atoms with E-state index < -0.39 is 6.09 Å². The molecule has 166 valence electrons. The summed E-state index contributed by atoms with van der Waals surface area (Å²) in [6, 6.07) is 18.0. The van der Waals surface area contributed by atoms with E-state index in [9.17, 15) is 9.59 Å². The number of pyridine rings is 1. The lowest BCUT2D eigenvalue weighted by atomic mass is 10.1. The monoisotopic (exact) mass is 434 g/mol. The predicted octanol–water partition coefficient (Wildman–Crippen LogP) is 4.42. The first kappa shape index (κ1) is 22.6. The number of carbonyl (C=O) groups is 2. The van der Waals surface area contributed by atoms with Gasteiger partial charge in [-0.2, -0.15) is 0 Å². The summed E-state index contributed by atoms with van der Waals surface area (Å²) in [5.41, 5.74) is 3.94. The van der Waals surface area contributed by atoms with Gasteiger partial charge in [-0.15, -0.1) is 0 Å². The fourth-order valence-electron chi connectivity index (χ4n) is 3.11. The molecule has 0 bridgehead atoms. The smallest absolute Gasteiger partial charge is 0.410 e. The van der Waals surface area contributed by atoms with Crippen LogP contribution in [0.25, 0.3) is 0 Å². The average molecular weight is 434 g/mol. The van der Waals surface area contributed by atoms with E-state index in [1.807, 2.05) is 50.2 Å². The summed E-state index contributed by atoms with van der Waals surface area (Å²) in [4.78, 5) is 29.6. The van der Waals surface area contributed by atoms with E-state index >= 15 is 0 Å². The van der Waals surface area contributed by atoms with Crippen molar-refractivity contribution in [2.24, 2.45) is 0 Å². The van der Waals surface area contributed by atoms with Gasteiger partial charge in [0.05, 0.1) is 12.2 Å². The summed E-state index contributed by atoms with van der Waals surface area (Å²) < 4.78 is 5.74. The molecule has 0 unspecified atom stereocenters. The van der Waals surface area contributed by atoms with Crippen LogP contribution in [-0.4, -0.2) is 42.8 Å². The number of carbonyl (C=O) groups excluding carboxylic acids is 1. The Kier molecular flexibility index (Phi) is 7.28. The number of ether oxygens (including phenoxy) is 1. The van der Waals surface area contributed by atoms with Gasteiger partial charge in [-0.05, 0) is 61.0 Å². The Morgan fingerprint density at radius 3 is 2.47 bits per heavy atom. The normalized spacial score (nSPS) is 10.3. The van der Waals surface area contributed by atoms with Crippen LogP contribution in [0.4, 0.5) is 22.0 Å². The number of carboxylic acid groups (broad SMARTS) is 1. The largest absolute Gasteiger partial charge is 0.493 e. The zero-order valence-corrected chi connectivity index (χ0v) is 18.3. The van der Waals surface area contributed by atoms with E-state index in [4.69, 9.17) is 9.84 Å². The molecular formula is C24H26N4O4. The van der Waals surface area contributed by atoms with Gasteiger partial charge in [0.1, 0.15) is 11.6 Å². The zero-order chi connectivity index (χ0) is 23.1. The zero-order valence-electron chi connectivity index (χ0n) is 18.3. The van der Waals surface area contributed by atoms with Gasteiger partial charge in [0.25, 0.3) is 5.91 Å². The molecule has 1 aromatic heterocycles. The van der Waals surface area contributed by atoms with Crippen molar-refractivity contribution in [2.45, 2.75) is 13.3 Å². The van der Waals surface area contributed by atoms with Crippen LogP contribution in [0.1, 0.15) is 21.6 Å². The van der Waals surface area contributed by atoms with Crippen molar-refractivity contribution in [3.63, 3.8) is 0 Å². The lowest BCUT2D eigenvalue weighted by Gasteiger charge is -2.18. The number of hydrogen-bond acceptors (Lipinski definition) is 5. The Hall–Kier alpha value is -4.07. The summed E-state index contributed by atoms with van der Waals surface area (Å²) >= 11 is 0. The first-order valence-electron chi connectivity index (χ1n) is 10.1. The molecule has 0 saturated heterocycles. The maximum atomic E-state index is 12.7.